The highest BCUT2D eigenvalue weighted by molar-refractivity contribution is 5.51. The van der Waals surface area contributed by atoms with Gasteiger partial charge in [0.1, 0.15) is 17.6 Å². The van der Waals surface area contributed by atoms with E-state index in [-0.39, 0.29) is 12.1 Å². The quantitative estimate of drug-likeness (QED) is 0.685. The third kappa shape index (κ3) is 3.93. The van der Waals surface area contributed by atoms with E-state index in [2.05, 4.69) is 34.1 Å². The Morgan fingerprint density at radius 1 is 1.21 bits per heavy atom. The molecule has 0 radical (unpaired) electrons. The molecule has 0 fully saturated rings. The highest BCUT2D eigenvalue weighted by atomic mass is 16.5. The van der Waals surface area contributed by atoms with Gasteiger partial charge >= 0.3 is 0 Å². The molecule has 2 atom stereocenters. The monoisotopic (exact) mass is 322 g/mol. The van der Waals surface area contributed by atoms with Crippen molar-refractivity contribution in [3.05, 3.63) is 72.6 Å². The summed E-state index contributed by atoms with van der Waals surface area (Å²) in [5, 5.41) is 3.52. The van der Waals surface area contributed by atoms with Crippen molar-refractivity contribution >= 4 is 5.69 Å². The molecule has 2 N–H and O–H groups in total. The lowest BCUT2D eigenvalue weighted by Crippen LogP contribution is -2.14. The fourth-order valence-corrected chi connectivity index (χ4v) is 2.43. The second-order valence-corrected chi connectivity index (χ2v) is 5.70. The number of aromatic amines is 1. The third-order valence-corrected chi connectivity index (χ3v) is 3.87. The summed E-state index contributed by atoms with van der Waals surface area (Å²) in [5.41, 5.74) is 2.02. The molecule has 0 saturated heterocycles. The molecule has 0 aliphatic rings. The van der Waals surface area contributed by atoms with Crippen molar-refractivity contribution in [3.8, 4) is 5.75 Å². The van der Waals surface area contributed by atoms with Crippen molar-refractivity contribution in [2.75, 3.05) is 5.32 Å². The van der Waals surface area contributed by atoms with Crippen LogP contribution in [0.3, 0.4) is 0 Å². The Labute approximate surface area is 142 Å². The van der Waals surface area contributed by atoms with Gasteiger partial charge in [0.2, 0.25) is 0 Å². The van der Waals surface area contributed by atoms with Crippen molar-refractivity contribution < 1.29 is 4.74 Å². The average molecular weight is 322 g/mol. The summed E-state index contributed by atoms with van der Waals surface area (Å²) in [4.78, 5) is 11.8. The molecule has 5 heteroatoms. The normalized spacial score (nSPS) is 13.2. The van der Waals surface area contributed by atoms with Crippen molar-refractivity contribution in [2.24, 2.45) is 0 Å². The molecule has 0 saturated carbocycles. The lowest BCUT2D eigenvalue weighted by atomic mass is 10.1. The summed E-state index contributed by atoms with van der Waals surface area (Å²) < 4.78 is 5.91. The summed E-state index contributed by atoms with van der Waals surface area (Å²) in [6.07, 6.45) is 8.36. The lowest BCUT2D eigenvalue weighted by molar-refractivity contribution is 0.217. The van der Waals surface area contributed by atoms with Crippen LogP contribution >= 0.6 is 0 Å². The van der Waals surface area contributed by atoms with Crippen LogP contribution in [0.5, 0.6) is 5.75 Å². The Bertz CT molecular complexity index is 743. The number of benzene rings is 1. The summed E-state index contributed by atoms with van der Waals surface area (Å²) in [7, 11) is 0. The fraction of sp³-hybridized carbons (Fsp3) is 0.263. The number of pyridine rings is 1. The van der Waals surface area contributed by atoms with E-state index in [1.807, 2.05) is 48.8 Å². The smallest absolute Gasteiger partial charge is 0.133 e. The molecule has 0 aliphatic heterocycles. The van der Waals surface area contributed by atoms with Crippen LogP contribution in [0.1, 0.15) is 37.7 Å². The van der Waals surface area contributed by atoms with Gasteiger partial charge in [-0.25, -0.2) is 4.98 Å². The van der Waals surface area contributed by atoms with Crippen LogP contribution in [0.2, 0.25) is 0 Å². The summed E-state index contributed by atoms with van der Waals surface area (Å²) in [6, 6.07) is 11.9. The molecule has 0 amide bonds. The summed E-state index contributed by atoms with van der Waals surface area (Å²) in [5.74, 6) is 1.70. The summed E-state index contributed by atoms with van der Waals surface area (Å²) >= 11 is 0. The molecule has 5 nitrogen and oxygen atoms in total. The molecule has 3 aromatic rings. The van der Waals surface area contributed by atoms with Crippen LogP contribution in [0.25, 0.3) is 0 Å². The molecule has 2 unspecified atom stereocenters. The molecule has 0 spiro atoms. The number of nitrogens with one attached hydrogen (secondary N) is 2. The van der Waals surface area contributed by atoms with Crippen molar-refractivity contribution in [3.63, 3.8) is 0 Å². The van der Waals surface area contributed by atoms with Gasteiger partial charge in [-0.2, -0.15) is 0 Å². The maximum absolute atomic E-state index is 5.91. The number of H-pyrrole nitrogens is 1. The lowest BCUT2D eigenvalue weighted by Gasteiger charge is -2.19. The zero-order chi connectivity index (χ0) is 16.8. The van der Waals surface area contributed by atoms with E-state index >= 15 is 0 Å². The molecule has 124 valence electrons. The Hall–Kier alpha value is -2.82. The maximum atomic E-state index is 5.91. The van der Waals surface area contributed by atoms with Gasteiger partial charge in [-0.1, -0.05) is 19.1 Å². The minimum atomic E-state index is -0.104. The minimum Gasteiger partial charge on any atom is -0.491 e. The van der Waals surface area contributed by atoms with Gasteiger partial charge in [-0.05, 0) is 31.5 Å². The standard InChI is InChI=1S/C19H22N4O/c1-3-14(2)24-17-8-4-7-16(12-17)23-18(19-21-10-11-22-19)15-6-5-9-20-13-15/h4-14,18,23H,3H2,1-2H3,(H,21,22). The van der Waals surface area contributed by atoms with Gasteiger partial charge in [0.25, 0.3) is 0 Å². The molecule has 3 rings (SSSR count). The van der Waals surface area contributed by atoms with Crippen LogP contribution in [0.15, 0.2) is 61.2 Å². The first-order valence-corrected chi connectivity index (χ1v) is 8.18. The Morgan fingerprint density at radius 2 is 2.12 bits per heavy atom. The van der Waals surface area contributed by atoms with E-state index in [4.69, 9.17) is 4.74 Å². The third-order valence-electron chi connectivity index (χ3n) is 3.87. The van der Waals surface area contributed by atoms with Crippen molar-refractivity contribution in [1.29, 1.82) is 0 Å². The number of hydrogen-bond acceptors (Lipinski definition) is 4. The van der Waals surface area contributed by atoms with Crippen LogP contribution in [0.4, 0.5) is 5.69 Å². The molecule has 2 aromatic heterocycles. The number of rotatable bonds is 7. The van der Waals surface area contributed by atoms with E-state index in [0.717, 1.165) is 29.2 Å². The molecule has 0 bridgehead atoms. The highest BCUT2D eigenvalue weighted by Gasteiger charge is 2.17. The second kappa shape index (κ2) is 7.64. The summed E-state index contributed by atoms with van der Waals surface area (Å²) in [6.45, 7) is 4.18. The van der Waals surface area contributed by atoms with E-state index in [1.165, 1.54) is 0 Å². The fourth-order valence-electron chi connectivity index (χ4n) is 2.43. The number of imidazole rings is 1. The predicted octanol–water partition coefficient (Wildman–Crippen LogP) is 4.18. The molecule has 0 aliphatic carbocycles. The zero-order valence-electron chi connectivity index (χ0n) is 13.9. The average Bonchev–Trinajstić information content (AvgIpc) is 3.15. The molecular formula is C19H22N4O. The first-order valence-electron chi connectivity index (χ1n) is 8.18. The molecule has 2 heterocycles. The first-order chi connectivity index (χ1) is 11.8. The number of anilines is 1. The van der Waals surface area contributed by atoms with Crippen LogP contribution in [-0.2, 0) is 0 Å². The van der Waals surface area contributed by atoms with Gasteiger partial charge in [0.05, 0.1) is 6.10 Å². The zero-order valence-corrected chi connectivity index (χ0v) is 13.9. The topological polar surface area (TPSA) is 62.8 Å². The number of nitrogens with zero attached hydrogens (tertiary/aromatic N) is 2. The van der Waals surface area contributed by atoms with Gasteiger partial charge < -0.3 is 15.0 Å². The van der Waals surface area contributed by atoms with E-state index in [1.54, 1.807) is 12.4 Å². The predicted molar refractivity (Wildman–Crippen MR) is 95.1 cm³/mol. The van der Waals surface area contributed by atoms with Crippen molar-refractivity contribution in [2.45, 2.75) is 32.4 Å². The Balaban J connectivity index is 1.84. The number of hydrogen-bond donors (Lipinski definition) is 2. The Kier molecular flexibility index (Phi) is 5.11. The second-order valence-electron chi connectivity index (χ2n) is 5.70. The maximum Gasteiger partial charge on any atom is 0.133 e. The van der Waals surface area contributed by atoms with Crippen LogP contribution in [0, 0.1) is 0 Å². The molecular weight excluding hydrogens is 300 g/mol. The SMILES string of the molecule is CCC(C)Oc1cccc(NC(c2cccnc2)c2ncc[nH]2)c1. The van der Waals surface area contributed by atoms with Gasteiger partial charge in [-0.15, -0.1) is 0 Å². The number of aromatic nitrogens is 3. The van der Waals surface area contributed by atoms with E-state index < -0.39 is 0 Å². The molecule has 1 aromatic carbocycles. The number of ether oxygens (including phenoxy) is 1. The van der Waals surface area contributed by atoms with E-state index in [0.29, 0.717) is 0 Å². The minimum absolute atomic E-state index is 0.104. The largest absolute Gasteiger partial charge is 0.491 e. The van der Waals surface area contributed by atoms with Gasteiger partial charge in [-0.3, -0.25) is 4.98 Å². The first kappa shape index (κ1) is 16.1. The van der Waals surface area contributed by atoms with Crippen molar-refractivity contribution in [1.82, 2.24) is 15.0 Å². The highest BCUT2D eigenvalue weighted by Crippen LogP contribution is 2.26. The molecule has 24 heavy (non-hydrogen) atoms. The van der Waals surface area contributed by atoms with E-state index in [9.17, 15) is 0 Å². The van der Waals surface area contributed by atoms with Crippen LogP contribution < -0.4 is 10.1 Å². The Morgan fingerprint density at radius 3 is 2.83 bits per heavy atom. The van der Waals surface area contributed by atoms with Gasteiger partial charge in [0.15, 0.2) is 0 Å². The van der Waals surface area contributed by atoms with Crippen LogP contribution in [-0.4, -0.2) is 21.1 Å². The van der Waals surface area contributed by atoms with Gasteiger partial charge in [0, 0.05) is 42.1 Å².